The van der Waals surface area contributed by atoms with Crippen LogP contribution in [-0.2, 0) is 35.6 Å². The van der Waals surface area contributed by atoms with Crippen LogP contribution in [0.1, 0.15) is 82.8 Å². The lowest BCUT2D eigenvalue weighted by atomic mass is 9.44. The molecule has 0 aromatic heterocycles. The Morgan fingerprint density at radius 3 is 2.37 bits per heavy atom. The van der Waals surface area contributed by atoms with E-state index in [1.54, 1.807) is 6.92 Å². The molecule has 11 nitrogen and oxygen atoms in total. The number of ketones is 2. The molecule has 3 N–H and O–H groups in total. The number of carboxylic acid groups (broad SMARTS) is 1. The minimum atomic E-state index is -1.84. The molecule has 0 radical (unpaired) electrons. The summed E-state index contributed by atoms with van der Waals surface area (Å²) >= 11 is 0. The second kappa shape index (κ2) is 9.88. The lowest BCUT2D eigenvalue weighted by Crippen LogP contribution is -2.86. The summed E-state index contributed by atoms with van der Waals surface area (Å²) in [6.07, 6.45) is -1.24. The quantitative estimate of drug-likeness (QED) is 0.280. The largest absolute Gasteiger partial charge is 0.507 e. The molecule has 8 unspecified atom stereocenters. The smallest absolute Gasteiger partial charge is 0.330 e. The highest BCUT2D eigenvalue weighted by Crippen LogP contribution is 2.72. The Labute approximate surface area is 268 Å². The first-order chi connectivity index (χ1) is 21.3. The molecule has 1 aromatic rings. The first-order valence-electron chi connectivity index (χ1n) is 15.7. The standard InChI is InChI=1S/C35H44O11/c1-15(2)19(36)13-18-24(37)21-25(38)22-28(42-9)33(43-10)14-20-32(7,8)46-34(30(33)41,12-11-16(3)29(39)40)35(20,22)45-27(21)23-26(18)44-17(4)31(23,5)6/h11,17,19-20,22,28,36-37H,1,12-14H2,2-10H3,(H,39,40). The van der Waals surface area contributed by atoms with E-state index in [1.807, 2.05) is 34.6 Å². The summed E-state index contributed by atoms with van der Waals surface area (Å²) in [7, 11) is 2.80. The Balaban J connectivity index is 1.71. The number of phenols is 1. The van der Waals surface area contributed by atoms with E-state index in [0.717, 1.165) is 0 Å². The van der Waals surface area contributed by atoms with Crippen molar-refractivity contribution in [1.82, 2.24) is 0 Å². The number of ether oxygens (including phenoxy) is 5. The Hall–Kier alpha value is -3.25. The summed E-state index contributed by atoms with van der Waals surface area (Å²) in [4.78, 5) is 42.0. The summed E-state index contributed by atoms with van der Waals surface area (Å²) in [5.41, 5.74) is -5.68. The van der Waals surface area contributed by atoms with E-state index in [9.17, 15) is 24.9 Å². The van der Waals surface area contributed by atoms with Gasteiger partial charge >= 0.3 is 5.97 Å². The molecule has 7 rings (SSSR count). The maximum atomic E-state index is 15.2. The molecule has 3 saturated carbocycles. The van der Waals surface area contributed by atoms with Crippen molar-refractivity contribution in [3.63, 3.8) is 0 Å². The molecular formula is C35H44O11. The van der Waals surface area contributed by atoms with E-state index in [0.29, 0.717) is 16.9 Å². The molecule has 4 bridgehead atoms. The molecule has 6 aliphatic rings. The number of rotatable bonds is 8. The molecule has 3 aliphatic carbocycles. The van der Waals surface area contributed by atoms with E-state index in [-0.39, 0.29) is 47.5 Å². The number of aliphatic hydroxyl groups is 1. The second-order valence-electron chi connectivity index (χ2n) is 14.8. The zero-order chi connectivity index (χ0) is 34.1. The van der Waals surface area contributed by atoms with Crippen molar-refractivity contribution in [2.45, 2.75) is 114 Å². The number of carbonyl (C=O) groups is 3. The van der Waals surface area contributed by atoms with Crippen LogP contribution in [0.15, 0.2) is 23.8 Å². The van der Waals surface area contributed by atoms with Crippen LogP contribution in [0.4, 0.5) is 0 Å². The summed E-state index contributed by atoms with van der Waals surface area (Å²) in [6, 6.07) is 0. The molecule has 8 atom stereocenters. The van der Waals surface area contributed by atoms with Gasteiger partial charge in [0.2, 0.25) is 5.78 Å². The number of carboxylic acids is 1. The average molecular weight is 641 g/mol. The van der Waals surface area contributed by atoms with E-state index >= 15 is 4.79 Å². The third-order valence-electron chi connectivity index (χ3n) is 11.8. The maximum absolute atomic E-state index is 15.2. The molecule has 11 heteroatoms. The number of benzene rings is 1. The number of aromatic hydroxyl groups is 1. The van der Waals surface area contributed by atoms with Crippen molar-refractivity contribution in [3.05, 3.63) is 40.5 Å². The van der Waals surface area contributed by atoms with Crippen LogP contribution < -0.4 is 9.47 Å². The molecular weight excluding hydrogens is 596 g/mol. The van der Waals surface area contributed by atoms with Crippen LogP contribution in [0.2, 0.25) is 0 Å². The van der Waals surface area contributed by atoms with Gasteiger partial charge in [0.25, 0.3) is 0 Å². The summed E-state index contributed by atoms with van der Waals surface area (Å²) in [5, 5.41) is 32.5. The Morgan fingerprint density at radius 2 is 1.80 bits per heavy atom. The molecule has 3 aliphatic heterocycles. The minimum absolute atomic E-state index is 0.00123. The van der Waals surface area contributed by atoms with Crippen LogP contribution in [0.5, 0.6) is 17.2 Å². The molecule has 46 heavy (non-hydrogen) atoms. The van der Waals surface area contributed by atoms with Gasteiger partial charge in [0.05, 0.1) is 17.6 Å². The topological polar surface area (TPSA) is 158 Å². The van der Waals surface area contributed by atoms with E-state index in [1.165, 1.54) is 27.2 Å². The normalized spacial score (nSPS) is 36.8. The number of aliphatic hydroxyl groups excluding tert-OH is 1. The van der Waals surface area contributed by atoms with Crippen molar-refractivity contribution in [1.29, 1.82) is 0 Å². The lowest BCUT2D eigenvalue weighted by Gasteiger charge is -2.65. The highest BCUT2D eigenvalue weighted by molar-refractivity contribution is 6.11. The number of hydrogen-bond acceptors (Lipinski definition) is 10. The van der Waals surface area contributed by atoms with Gasteiger partial charge in [-0.25, -0.2) is 4.79 Å². The fourth-order valence-electron chi connectivity index (χ4n) is 9.01. The van der Waals surface area contributed by atoms with E-state index in [4.69, 9.17) is 23.7 Å². The number of carbonyl (C=O) groups excluding carboxylic acids is 2. The number of hydrogen-bond donors (Lipinski definition) is 3. The molecule has 4 fully saturated rings. The molecule has 0 amide bonds. The zero-order valence-corrected chi connectivity index (χ0v) is 27.9. The van der Waals surface area contributed by atoms with Gasteiger partial charge in [0.1, 0.15) is 35.0 Å². The Bertz CT molecular complexity index is 1620. The molecule has 250 valence electrons. The summed E-state index contributed by atoms with van der Waals surface area (Å²) < 4.78 is 32.4. The third kappa shape index (κ3) is 3.65. The number of fused-ring (bicyclic) bond motifs is 3. The number of methoxy groups -OCH3 is 2. The SMILES string of the molecule is C=C(C)C(O)Cc1c(O)c2c(c3c1OC(C)C3(C)C)OC13C(C2=O)C(OC)C2(OC)CC1C(C)(C)OC3(CC=C(C)C(=O)O)C2=O. The summed E-state index contributed by atoms with van der Waals surface area (Å²) in [5.74, 6) is -3.90. The van der Waals surface area contributed by atoms with Crippen molar-refractivity contribution in [2.24, 2.45) is 11.8 Å². The number of phenolic OH excluding ortho intramolecular Hbond substituents is 1. The number of Topliss-reactive ketones (excluding diaryl/α,β-unsaturated/α-hetero) is 2. The van der Waals surface area contributed by atoms with Crippen molar-refractivity contribution < 1.29 is 53.4 Å². The van der Waals surface area contributed by atoms with Crippen LogP contribution in [-0.4, -0.2) is 87.8 Å². The zero-order valence-electron chi connectivity index (χ0n) is 27.9. The van der Waals surface area contributed by atoms with Gasteiger partial charge in [-0.2, -0.15) is 0 Å². The first kappa shape index (κ1) is 32.7. The monoisotopic (exact) mass is 640 g/mol. The predicted molar refractivity (Wildman–Crippen MR) is 164 cm³/mol. The number of aliphatic carboxylic acids is 1. The molecule has 3 heterocycles. The highest BCUT2D eigenvalue weighted by atomic mass is 16.6. The van der Waals surface area contributed by atoms with Gasteiger partial charge in [-0.05, 0) is 41.0 Å². The van der Waals surface area contributed by atoms with Gasteiger partial charge in [0, 0.05) is 55.1 Å². The molecule has 1 saturated heterocycles. The van der Waals surface area contributed by atoms with Crippen molar-refractivity contribution in [2.75, 3.05) is 14.2 Å². The van der Waals surface area contributed by atoms with Crippen LogP contribution in [0, 0.1) is 11.8 Å². The van der Waals surface area contributed by atoms with E-state index < -0.39 is 75.5 Å². The lowest BCUT2D eigenvalue weighted by molar-refractivity contribution is -0.267. The van der Waals surface area contributed by atoms with Gasteiger partial charge in [-0.1, -0.05) is 32.1 Å². The van der Waals surface area contributed by atoms with Crippen LogP contribution >= 0.6 is 0 Å². The minimum Gasteiger partial charge on any atom is -0.507 e. The first-order valence-corrected chi connectivity index (χ1v) is 15.7. The highest BCUT2D eigenvalue weighted by Gasteiger charge is 2.90. The molecule has 1 aromatic carbocycles. The Morgan fingerprint density at radius 1 is 1.15 bits per heavy atom. The third-order valence-corrected chi connectivity index (χ3v) is 11.8. The summed E-state index contributed by atoms with van der Waals surface area (Å²) in [6.45, 7) is 16.4. The molecule has 1 spiro atoms. The van der Waals surface area contributed by atoms with Crippen molar-refractivity contribution >= 4 is 17.5 Å². The van der Waals surface area contributed by atoms with Gasteiger partial charge in [-0.15, -0.1) is 0 Å². The van der Waals surface area contributed by atoms with Gasteiger partial charge in [0.15, 0.2) is 22.6 Å². The van der Waals surface area contributed by atoms with Gasteiger partial charge in [-0.3, -0.25) is 9.59 Å². The second-order valence-corrected chi connectivity index (χ2v) is 14.8. The Kier molecular flexibility index (Phi) is 7.02. The van der Waals surface area contributed by atoms with Gasteiger partial charge < -0.3 is 39.0 Å². The van der Waals surface area contributed by atoms with E-state index in [2.05, 4.69) is 6.58 Å². The fourth-order valence-corrected chi connectivity index (χ4v) is 9.01. The average Bonchev–Trinajstić information content (AvgIpc) is 3.30. The maximum Gasteiger partial charge on any atom is 0.330 e. The van der Waals surface area contributed by atoms with Crippen LogP contribution in [0.3, 0.4) is 0 Å². The van der Waals surface area contributed by atoms with Crippen LogP contribution in [0.25, 0.3) is 0 Å². The predicted octanol–water partition coefficient (Wildman–Crippen LogP) is 3.83. The fraction of sp³-hybridized carbons (Fsp3) is 0.629. The van der Waals surface area contributed by atoms with Crippen molar-refractivity contribution in [3.8, 4) is 17.2 Å².